The Morgan fingerprint density at radius 1 is 1.33 bits per heavy atom. The standard InChI is InChI=1S/C18H18FN3O3S2/c1-2-5-22-14-4-3-13(19)10-15(14)27-18(22)20-16(23)11-26-12-17(24)21-6-8-25-9-7-21/h1,3-4,10H,5-9,11-12H2. The number of carbonyl (C=O) groups excluding carboxylic acids is 2. The zero-order valence-electron chi connectivity index (χ0n) is 14.5. The molecule has 1 saturated heterocycles. The maximum atomic E-state index is 13.4. The van der Waals surface area contributed by atoms with Crippen molar-refractivity contribution in [2.75, 3.05) is 37.8 Å². The third-order valence-corrected chi connectivity index (χ3v) is 5.87. The number of ether oxygens (including phenoxy) is 1. The van der Waals surface area contributed by atoms with E-state index in [-0.39, 0.29) is 35.7 Å². The molecular weight excluding hydrogens is 389 g/mol. The highest BCUT2D eigenvalue weighted by atomic mass is 32.2. The van der Waals surface area contributed by atoms with Crippen LogP contribution in [0.1, 0.15) is 0 Å². The summed E-state index contributed by atoms with van der Waals surface area (Å²) >= 11 is 2.44. The van der Waals surface area contributed by atoms with Gasteiger partial charge in [-0.2, -0.15) is 4.99 Å². The van der Waals surface area contributed by atoms with Gasteiger partial charge in [-0.1, -0.05) is 17.3 Å². The summed E-state index contributed by atoms with van der Waals surface area (Å²) in [6, 6.07) is 4.37. The Morgan fingerprint density at radius 3 is 2.85 bits per heavy atom. The quantitative estimate of drug-likeness (QED) is 0.705. The van der Waals surface area contributed by atoms with E-state index in [0.717, 1.165) is 5.52 Å². The first-order valence-corrected chi connectivity index (χ1v) is 10.3. The highest BCUT2D eigenvalue weighted by Gasteiger charge is 2.17. The van der Waals surface area contributed by atoms with Crippen LogP contribution in [0, 0.1) is 18.2 Å². The molecule has 1 aromatic carbocycles. The molecule has 0 atom stereocenters. The molecule has 3 rings (SSSR count). The number of amides is 2. The van der Waals surface area contributed by atoms with Gasteiger partial charge in [0.25, 0.3) is 5.91 Å². The van der Waals surface area contributed by atoms with Gasteiger partial charge in [-0.3, -0.25) is 9.59 Å². The molecule has 0 spiro atoms. The number of benzene rings is 1. The van der Waals surface area contributed by atoms with Gasteiger partial charge in [-0.25, -0.2) is 4.39 Å². The number of halogens is 1. The van der Waals surface area contributed by atoms with E-state index in [4.69, 9.17) is 11.2 Å². The third-order valence-electron chi connectivity index (χ3n) is 3.93. The number of terminal acetylenes is 1. The van der Waals surface area contributed by atoms with E-state index < -0.39 is 0 Å². The van der Waals surface area contributed by atoms with Gasteiger partial charge < -0.3 is 14.2 Å². The summed E-state index contributed by atoms with van der Waals surface area (Å²) in [6.45, 7) is 2.50. The molecule has 0 saturated carbocycles. The van der Waals surface area contributed by atoms with Gasteiger partial charge in [0.2, 0.25) is 5.91 Å². The molecule has 27 heavy (non-hydrogen) atoms. The molecule has 2 amide bonds. The minimum Gasteiger partial charge on any atom is -0.378 e. The molecule has 0 N–H and O–H groups in total. The molecule has 2 aromatic rings. The summed E-state index contributed by atoms with van der Waals surface area (Å²) in [7, 11) is 0. The summed E-state index contributed by atoms with van der Waals surface area (Å²) in [5.41, 5.74) is 0.737. The van der Waals surface area contributed by atoms with E-state index in [1.54, 1.807) is 15.5 Å². The molecule has 0 unspecified atom stereocenters. The highest BCUT2D eigenvalue weighted by molar-refractivity contribution is 8.00. The molecule has 1 aliphatic rings. The van der Waals surface area contributed by atoms with E-state index in [9.17, 15) is 14.0 Å². The van der Waals surface area contributed by atoms with Crippen LogP contribution < -0.4 is 4.80 Å². The van der Waals surface area contributed by atoms with E-state index in [0.29, 0.717) is 35.8 Å². The van der Waals surface area contributed by atoms with Gasteiger partial charge in [0.1, 0.15) is 5.82 Å². The highest BCUT2D eigenvalue weighted by Crippen LogP contribution is 2.18. The lowest BCUT2D eigenvalue weighted by Gasteiger charge is -2.26. The van der Waals surface area contributed by atoms with E-state index in [1.165, 1.54) is 35.2 Å². The van der Waals surface area contributed by atoms with Crippen LogP contribution in [0.4, 0.5) is 4.39 Å². The second-order valence-corrected chi connectivity index (χ2v) is 7.77. The lowest BCUT2D eigenvalue weighted by atomic mass is 10.3. The number of nitrogens with zero attached hydrogens (tertiary/aromatic N) is 3. The summed E-state index contributed by atoms with van der Waals surface area (Å²) < 4.78 is 21.0. The minimum atomic E-state index is -0.355. The zero-order valence-corrected chi connectivity index (χ0v) is 16.2. The number of thioether (sulfide) groups is 1. The molecule has 0 aliphatic carbocycles. The van der Waals surface area contributed by atoms with Crippen molar-refractivity contribution < 1.29 is 18.7 Å². The van der Waals surface area contributed by atoms with E-state index in [2.05, 4.69) is 10.9 Å². The Hall–Kier alpha value is -2.15. The van der Waals surface area contributed by atoms with Crippen molar-refractivity contribution in [2.45, 2.75) is 6.54 Å². The molecule has 0 radical (unpaired) electrons. The Kier molecular flexibility index (Phi) is 6.66. The Labute approximate surface area is 164 Å². The number of hydrogen-bond acceptors (Lipinski definition) is 5. The third kappa shape index (κ3) is 4.97. The fraction of sp³-hybridized carbons (Fsp3) is 0.389. The van der Waals surface area contributed by atoms with Gasteiger partial charge >= 0.3 is 0 Å². The summed E-state index contributed by atoms with van der Waals surface area (Å²) in [4.78, 5) is 30.6. The van der Waals surface area contributed by atoms with Crippen LogP contribution in [0.2, 0.25) is 0 Å². The van der Waals surface area contributed by atoms with Crippen molar-refractivity contribution in [2.24, 2.45) is 4.99 Å². The number of hydrogen-bond donors (Lipinski definition) is 0. The van der Waals surface area contributed by atoms with Crippen LogP contribution >= 0.6 is 23.1 Å². The fourth-order valence-corrected chi connectivity index (χ4v) is 4.42. The van der Waals surface area contributed by atoms with Crippen molar-refractivity contribution in [3.63, 3.8) is 0 Å². The van der Waals surface area contributed by atoms with E-state index >= 15 is 0 Å². The maximum absolute atomic E-state index is 13.4. The average molecular weight is 407 g/mol. The van der Waals surface area contributed by atoms with Crippen molar-refractivity contribution in [1.29, 1.82) is 0 Å². The topological polar surface area (TPSA) is 63.9 Å². The minimum absolute atomic E-state index is 0.00386. The van der Waals surface area contributed by atoms with Crippen molar-refractivity contribution in [1.82, 2.24) is 9.47 Å². The zero-order chi connectivity index (χ0) is 19.2. The largest absolute Gasteiger partial charge is 0.378 e. The SMILES string of the molecule is C#CCn1c(=NC(=O)CSCC(=O)N2CCOCC2)sc2cc(F)ccc21. The monoisotopic (exact) mass is 407 g/mol. The van der Waals surface area contributed by atoms with Crippen LogP contribution in [-0.4, -0.2) is 59.1 Å². The molecule has 2 heterocycles. The van der Waals surface area contributed by atoms with Gasteiger partial charge in [0, 0.05) is 13.1 Å². The van der Waals surface area contributed by atoms with Gasteiger partial charge in [-0.05, 0) is 18.2 Å². The van der Waals surface area contributed by atoms with Gasteiger partial charge in [0.15, 0.2) is 4.80 Å². The van der Waals surface area contributed by atoms with Gasteiger partial charge in [-0.15, -0.1) is 18.2 Å². The number of thiazole rings is 1. The Balaban J connectivity index is 1.67. The van der Waals surface area contributed by atoms with Crippen molar-refractivity contribution in [3.05, 3.63) is 28.8 Å². The lowest BCUT2D eigenvalue weighted by Crippen LogP contribution is -2.41. The number of rotatable bonds is 5. The van der Waals surface area contributed by atoms with Gasteiger partial charge in [0.05, 0.1) is 41.5 Å². The van der Waals surface area contributed by atoms with E-state index in [1.807, 2.05) is 0 Å². The molecular formula is C18H18FN3O3S2. The first-order chi connectivity index (χ1) is 13.1. The maximum Gasteiger partial charge on any atom is 0.258 e. The predicted octanol–water partition coefficient (Wildman–Crippen LogP) is 1.49. The molecule has 142 valence electrons. The molecule has 6 nitrogen and oxygen atoms in total. The first kappa shape index (κ1) is 19.6. The van der Waals surface area contributed by atoms with Crippen molar-refractivity contribution >= 4 is 45.1 Å². The fourth-order valence-electron chi connectivity index (χ4n) is 2.65. The normalized spacial score (nSPS) is 15.1. The average Bonchev–Trinajstić information content (AvgIpc) is 2.98. The molecule has 1 fully saturated rings. The molecule has 0 bridgehead atoms. The smallest absolute Gasteiger partial charge is 0.258 e. The predicted molar refractivity (Wildman–Crippen MR) is 104 cm³/mol. The first-order valence-electron chi connectivity index (χ1n) is 8.31. The summed E-state index contributed by atoms with van der Waals surface area (Å²) in [5, 5.41) is 0. The Morgan fingerprint density at radius 2 is 2.11 bits per heavy atom. The lowest BCUT2D eigenvalue weighted by molar-refractivity contribution is -0.132. The molecule has 9 heteroatoms. The van der Waals surface area contributed by atoms with Crippen LogP contribution in [0.5, 0.6) is 0 Å². The van der Waals surface area contributed by atoms with Crippen LogP contribution in [0.15, 0.2) is 23.2 Å². The summed E-state index contributed by atoms with van der Waals surface area (Å²) in [6.07, 6.45) is 5.40. The van der Waals surface area contributed by atoms with Crippen LogP contribution in [0.3, 0.4) is 0 Å². The second-order valence-electron chi connectivity index (χ2n) is 5.78. The Bertz CT molecular complexity index is 955. The van der Waals surface area contributed by atoms with Crippen LogP contribution in [-0.2, 0) is 20.9 Å². The second kappa shape index (κ2) is 9.17. The van der Waals surface area contributed by atoms with Crippen molar-refractivity contribution in [3.8, 4) is 12.3 Å². The number of fused-ring (bicyclic) bond motifs is 1. The molecule has 1 aliphatic heterocycles. The number of aromatic nitrogens is 1. The molecule has 1 aromatic heterocycles. The number of carbonyl (C=O) groups is 2. The summed E-state index contributed by atoms with van der Waals surface area (Å²) in [5.74, 6) is 2.13. The number of morpholine rings is 1. The van der Waals surface area contributed by atoms with Crippen LogP contribution in [0.25, 0.3) is 10.2 Å².